The van der Waals surface area contributed by atoms with E-state index in [0.717, 1.165) is 23.7 Å². The predicted molar refractivity (Wildman–Crippen MR) is 62.9 cm³/mol. The smallest absolute Gasteiger partial charge is 0.326 e. The van der Waals surface area contributed by atoms with E-state index in [1.54, 1.807) is 13.0 Å². The Morgan fingerprint density at radius 1 is 1.16 bits per heavy atom. The summed E-state index contributed by atoms with van der Waals surface area (Å²) in [5, 5.41) is 0. The van der Waals surface area contributed by atoms with Gasteiger partial charge in [-0.1, -0.05) is 0 Å². The van der Waals surface area contributed by atoms with Crippen LogP contribution < -0.4 is 5.73 Å². The molecule has 0 fully saturated rings. The fraction of sp³-hybridized carbons (Fsp3) is 0.250. The van der Waals surface area contributed by atoms with E-state index in [-0.39, 0.29) is 0 Å². The van der Waals surface area contributed by atoms with Crippen LogP contribution in [0.3, 0.4) is 0 Å². The lowest BCUT2D eigenvalue weighted by atomic mass is 10.1. The molecule has 100 valence electrons. The fourth-order valence-electron chi connectivity index (χ4n) is 1.61. The number of aryl methyl sites for hydroxylation is 1. The first-order valence-corrected chi connectivity index (χ1v) is 5.47. The summed E-state index contributed by atoms with van der Waals surface area (Å²) in [5.74, 6) is -1.16. The van der Waals surface area contributed by atoms with E-state index in [1.165, 1.54) is 0 Å². The summed E-state index contributed by atoms with van der Waals surface area (Å²) in [6, 6.07) is 3.52. The SMILES string of the molecule is Cc1cc(CN)cc(-c2cnc(C(F)(F)F)nc2)n1. The van der Waals surface area contributed by atoms with Crippen LogP contribution in [0.2, 0.25) is 0 Å². The molecule has 0 unspecified atom stereocenters. The number of nitrogens with zero attached hydrogens (tertiary/aromatic N) is 3. The topological polar surface area (TPSA) is 64.7 Å². The Morgan fingerprint density at radius 3 is 2.32 bits per heavy atom. The number of hydrogen-bond acceptors (Lipinski definition) is 4. The Labute approximate surface area is 107 Å². The third-order valence-electron chi connectivity index (χ3n) is 2.45. The second-order valence-corrected chi connectivity index (χ2v) is 4.00. The maximum absolute atomic E-state index is 12.3. The lowest BCUT2D eigenvalue weighted by Gasteiger charge is -2.07. The molecule has 7 heteroatoms. The maximum Gasteiger partial charge on any atom is 0.451 e. The second-order valence-electron chi connectivity index (χ2n) is 4.00. The molecular formula is C12H11F3N4. The molecule has 4 nitrogen and oxygen atoms in total. The first-order valence-electron chi connectivity index (χ1n) is 5.47. The summed E-state index contributed by atoms with van der Waals surface area (Å²) in [6.07, 6.45) is -2.32. The van der Waals surface area contributed by atoms with Gasteiger partial charge in [-0.2, -0.15) is 13.2 Å². The minimum Gasteiger partial charge on any atom is -0.326 e. The molecule has 0 saturated heterocycles. The van der Waals surface area contributed by atoms with Gasteiger partial charge in [-0.05, 0) is 24.6 Å². The van der Waals surface area contributed by atoms with Gasteiger partial charge in [0.2, 0.25) is 5.82 Å². The molecule has 2 aromatic rings. The average molecular weight is 268 g/mol. The molecule has 0 saturated carbocycles. The van der Waals surface area contributed by atoms with Crippen LogP contribution in [-0.2, 0) is 12.7 Å². The largest absolute Gasteiger partial charge is 0.451 e. The van der Waals surface area contributed by atoms with Crippen LogP contribution in [0.5, 0.6) is 0 Å². The van der Waals surface area contributed by atoms with Gasteiger partial charge in [0, 0.05) is 30.2 Å². The van der Waals surface area contributed by atoms with E-state index >= 15 is 0 Å². The number of aromatic nitrogens is 3. The lowest BCUT2D eigenvalue weighted by molar-refractivity contribution is -0.144. The van der Waals surface area contributed by atoms with Crippen molar-refractivity contribution in [3.05, 3.63) is 41.6 Å². The molecule has 2 heterocycles. The van der Waals surface area contributed by atoms with Crippen LogP contribution in [0.4, 0.5) is 13.2 Å². The molecular weight excluding hydrogens is 257 g/mol. The molecule has 0 atom stereocenters. The van der Waals surface area contributed by atoms with Crippen LogP contribution >= 0.6 is 0 Å². The van der Waals surface area contributed by atoms with E-state index in [0.29, 0.717) is 17.8 Å². The standard InChI is InChI=1S/C12H11F3N4/c1-7-2-8(4-16)3-10(19-7)9-5-17-11(18-6-9)12(13,14)15/h2-3,5-6H,4,16H2,1H3. The number of pyridine rings is 1. The highest BCUT2D eigenvalue weighted by Gasteiger charge is 2.34. The molecule has 2 aromatic heterocycles. The Hall–Kier alpha value is -2.02. The molecule has 0 aromatic carbocycles. The van der Waals surface area contributed by atoms with Gasteiger partial charge in [0.1, 0.15) is 0 Å². The van der Waals surface area contributed by atoms with E-state index in [9.17, 15) is 13.2 Å². The molecule has 0 spiro atoms. The van der Waals surface area contributed by atoms with Crippen molar-refractivity contribution in [1.29, 1.82) is 0 Å². The van der Waals surface area contributed by atoms with Gasteiger partial charge >= 0.3 is 6.18 Å². The van der Waals surface area contributed by atoms with Crippen molar-refractivity contribution in [1.82, 2.24) is 15.0 Å². The molecule has 0 bridgehead atoms. The second kappa shape index (κ2) is 4.93. The van der Waals surface area contributed by atoms with Crippen LogP contribution in [0.25, 0.3) is 11.3 Å². The highest BCUT2D eigenvalue weighted by Crippen LogP contribution is 2.26. The normalized spacial score (nSPS) is 11.6. The predicted octanol–water partition coefficient (Wildman–Crippen LogP) is 2.32. The minimum atomic E-state index is -4.54. The zero-order valence-corrected chi connectivity index (χ0v) is 10.1. The van der Waals surface area contributed by atoms with Crippen molar-refractivity contribution in [3.8, 4) is 11.3 Å². The monoisotopic (exact) mass is 268 g/mol. The van der Waals surface area contributed by atoms with Crippen molar-refractivity contribution in [2.75, 3.05) is 0 Å². The first-order chi connectivity index (χ1) is 8.90. The maximum atomic E-state index is 12.3. The Kier molecular flexibility index (Phi) is 3.48. The Morgan fingerprint density at radius 2 is 1.79 bits per heavy atom. The number of nitrogens with two attached hydrogens (primary N) is 1. The van der Waals surface area contributed by atoms with Gasteiger partial charge in [0.25, 0.3) is 0 Å². The average Bonchev–Trinajstić information content (AvgIpc) is 2.37. The van der Waals surface area contributed by atoms with Gasteiger partial charge in [-0.15, -0.1) is 0 Å². The van der Waals surface area contributed by atoms with Crippen molar-refractivity contribution < 1.29 is 13.2 Å². The number of hydrogen-bond donors (Lipinski definition) is 1. The van der Waals surface area contributed by atoms with Crippen LogP contribution in [0, 0.1) is 6.92 Å². The Bertz CT molecular complexity index is 579. The van der Waals surface area contributed by atoms with Crippen LogP contribution in [0.15, 0.2) is 24.5 Å². The van der Waals surface area contributed by atoms with Gasteiger partial charge in [0.15, 0.2) is 0 Å². The quantitative estimate of drug-likeness (QED) is 0.907. The van der Waals surface area contributed by atoms with Crippen molar-refractivity contribution in [2.45, 2.75) is 19.6 Å². The number of halogens is 3. The molecule has 0 aliphatic carbocycles. The van der Waals surface area contributed by atoms with Gasteiger partial charge in [-0.25, -0.2) is 9.97 Å². The molecule has 0 aliphatic rings. The van der Waals surface area contributed by atoms with Crippen molar-refractivity contribution in [2.24, 2.45) is 5.73 Å². The molecule has 0 radical (unpaired) electrons. The van der Waals surface area contributed by atoms with E-state index in [1.807, 2.05) is 6.07 Å². The molecule has 0 amide bonds. The highest BCUT2D eigenvalue weighted by atomic mass is 19.4. The summed E-state index contributed by atoms with van der Waals surface area (Å²) in [6.45, 7) is 2.12. The molecule has 0 aliphatic heterocycles. The molecule has 19 heavy (non-hydrogen) atoms. The Balaban J connectivity index is 2.40. The highest BCUT2D eigenvalue weighted by molar-refractivity contribution is 5.57. The van der Waals surface area contributed by atoms with Gasteiger partial charge < -0.3 is 5.73 Å². The fourth-order valence-corrected chi connectivity index (χ4v) is 1.61. The number of alkyl halides is 3. The van der Waals surface area contributed by atoms with Crippen LogP contribution in [0.1, 0.15) is 17.1 Å². The summed E-state index contributed by atoms with van der Waals surface area (Å²) >= 11 is 0. The lowest BCUT2D eigenvalue weighted by Crippen LogP contribution is -2.10. The summed E-state index contributed by atoms with van der Waals surface area (Å²) < 4.78 is 37.0. The van der Waals surface area contributed by atoms with Gasteiger partial charge in [0.05, 0.1) is 5.69 Å². The third-order valence-corrected chi connectivity index (χ3v) is 2.45. The zero-order valence-electron chi connectivity index (χ0n) is 10.1. The zero-order chi connectivity index (χ0) is 14.0. The van der Waals surface area contributed by atoms with Gasteiger partial charge in [-0.3, -0.25) is 4.98 Å². The van der Waals surface area contributed by atoms with E-state index in [4.69, 9.17) is 5.73 Å². The van der Waals surface area contributed by atoms with E-state index in [2.05, 4.69) is 15.0 Å². The van der Waals surface area contributed by atoms with E-state index < -0.39 is 12.0 Å². The number of rotatable bonds is 2. The summed E-state index contributed by atoms with van der Waals surface area (Å²) in [7, 11) is 0. The first kappa shape index (κ1) is 13.4. The third kappa shape index (κ3) is 3.05. The molecule has 2 rings (SSSR count). The van der Waals surface area contributed by atoms with Crippen LogP contribution in [-0.4, -0.2) is 15.0 Å². The van der Waals surface area contributed by atoms with Crippen molar-refractivity contribution >= 4 is 0 Å². The summed E-state index contributed by atoms with van der Waals surface area (Å²) in [5.41, 5.74) is 8.05. The minimum absolute atomic E-state index is 0.331. The molecule has 2 N–H and O–H groups in total. The summed E-state index contributed by atoms with van der Waals surface area (Å²) in [4.78, 5) is 10.8. The van der Waals surface area contributed by atoms with Crippen molar-refractivity contribution in [3.63, 3.8) is 0 Å².